The normalized spacial score (nSPS) is 10.6. The lowest BCUT2D eigenvalue weighted by atomic mass is 10.2. The van der Waals surface area contributed by atoms with E-state index in [0.717, 1.165) is 10.2 Å². The van der Waals surface area contributed by atoms with Crippen molar-refractivity contribution in [2.75, 3.05) is 5.32 Å². The van der Waals surface area contributed by atoms with Gasteiger partial charge in [-0.15, -0.1) is 11.3 Å². The molecule has 3 N–H and O–H groups in total. The van der Waals surface area contributed by atoms with Crippen molar-refractivity contribution < 1.29 is 15.0 Å². The first-order chi connectivity index (χ1) is 9.63. The largest absolute Gasteiger partial charge is 0.504 e. The summed E-state index contributed by atoms with van der Waals surface area (Å²) in [6.45, 7) is 0. The zero-order chi connectivity index (χ0) is 14.1. The number of benzene rings is 2. The fourth-order valence-electron chi connectivity index (χ4n) is 1.80. The van der Waals surface area contributed by atoms with E-state index in [1.807, 2.05) is 12.1 Å². The molecule has 0 bridgehead atoms. The molecule has 0 radical (unpaired) electrons. The number of hydrogen-bond donors (Lipinski definition) is 3. The van der Waals surface area contributed by atoms with Gasteiger partial charge in [0.05, 0.1) is 15.7 Å². The van der Waals surface area contributed by atoms with E-state index < -0.39 is 0 Å². The van der Waals surface area contributed by atoms with Gasteiger partial charge in [0, 0.05) is 11.3 Å². The zero-order valence-electron chi connectivity index (χ0n) is 10.2. The fourth-order valence-corrected chi connectivity index (χ4v) is 2.52. The second-order valence-electron chi connectivity index (χ2n) is 4.19. The van der Waals surface area contributed by atoms with Gasteiger partial charge in [0.1, 0.15) is 0 Å². The minimum atomic E-state index is -0.357. The number of carbonyl (C=O) groups excluding carboxylic acids is 1. The molecule has 5 nitrogen and oxygen atoms in total. The van der Waals surface area contributed by atoms with Gasteiger partial charge >= 0.3 is 0 Å². The fraction of sp³-hybridized carbons (Fsp3) is 0. The average Bonchev–Trinajstić information content (AvgIpc) is 2.89. The number of carbonyl (C=O) groups is 1. The molecule has 2 aromatic carbocycles. The van der Waals surface area contributed by atoms with E-state index in [1.54, 1.807) is 11.6 Å². The van der Waals surface area contributed by atoms with Crippen LogP contribution in [0.2, 0.25) is 0 Å². The molecule has 20 heavy (non-hydrogen) atoms. The van der Waals surface area contributed by atoms with Gasteiger partial charge < -0.3 is 15.5 Å². The number of nitrogens with zero attached hydrogens (tertiary/aromatic N) is 1. The number of phenols is 2. The van der Waals surface area contributed by atoms with Crippen LogP contribution in [0.4, 0.5) is 5.69 Å². The Bertz CT molecular complexity index is 798. The molecule has 0 fully saturated rings. The van der Waals surface area contributed by atoms with Gasteiger partial charge in [-0.2, -0.15) is 0 Å². The van der Waals surface area contributed by atoms with Crippen molar-refractivity contribution in [2.24, 2.45) is 0 Å². The van der Waals surface area contributed by atoms with Crippen molar-refractivity contribution in [3.8, 4) is 11.5 Å². The number of fused-ring (bicyclic) bond motifs is 1. The van der Waals surface area contributed by atoms with Crippen LogP contribution in [0.1, 0.15) is 10.4 Å². The number of aromatic nitrogens is 1. The predicted octanol–water partition coefficient (Wildman–Crippen LogP) is 2.96. The Balaban J connectivity index is 1.85. The summed E-state index contributed by atoms with van der Waals surface area (Å²) in [4.78, 5) is 16.2. The van der Waals surface area contributed by atoms with E-state index >= 15 is 0 Å². The Hall–Kier alpha value is -2.60. The van der Waals surface area contributed by atoms with Crippen LogP contribution < -0.4 is 5.32 Å². The Labute approximate surface area is 118 Å². The number of thiazole rings is 1. The first-order valence-corrected chi connectivity index (χ1v) is 6.68. The maximum atomic E-state index is 12.0. The zero-order valence-corrected chi connectivity index (χ0v) is 11.0. The third kappa shape index (κ3) is 2.28. The second kappa shape index (κ2) is 4.82. The van der Waals surface area contributed by atoms with Crippen LogP contribution in [0.25, 0.3) is 10.2 Å². The smallest absolute Gasteiger partial charge is 0.255 e. The highest BCUT2D eigenvalue weighted by Gasteiger charge is 2.09. The lowest BCUT2D eigenvalue weighted by Crippen LogP contribution is -2.11. The SMILES string of the molecule is O=C(Nc1ccc2ncsc2c1)c1ccc(O)c(O)c1. The molecule has 0 unspecified atom stereocenters. The number of hydrogen-bond acceptors (Lipinski definition) is 5. The molecule has 0 spiro atoms. The number of anilines is 1. The highest BCUT2D eigenvalue weighted by Crippen LogP contribution is 2.26. The topological polar surface area (TPSA) is 82.5 Å². The molecular weight excluding hydrogens is 276 g/mol. The van der Waals surface area contributed by atoms with Crippen molar-refractivity contribution in [1.29, 1.82) is 0 Å². The van der Waals surface area contributed by atoms with Crippen molar-refractivity contribution >= 4 is 33.1 Å². The Morgan fingerprint density at radius 2 is 1.95 bits per heavy atom. The summed E-state index contributed by atoms with van der Waals surface area (Å²) in [5.41, 5.74) is 3.55. The van der Waals surface area contributed by atoms with Gasteiger partial charge in [0.25, 0.3) is 5.91 Å². The van der Waals surface area contributed by atoms with E-state index in [2.05, 4.69) is 10.3 Å². The molecule has 0 saturated carbocycles. The summed E-state index contributed by atoms with van der Waals surface area (Å²) >= 11 is 1.49. The van der Waals surface area contributed by atoms with E-state index in [9.17, 15) is 15.0 Å². The molecule has 0 saturated heterocycles. The summed E-state index contributed by atoms with van der Waals surface area (Å²) < 4.78 is 0.983. The Morgan fingerprint density at radius 1 is 1.10 bits per heavy atom. The molecule has 0 aliphatic carbocycles. The summed E-state index contributed by atoms with van der Waals surface area (Å²) in [6, 6.07) is 9.36. The highest BCUT2D eigenvalue weighted by atomic mass is 32.1. The minimum absolute atomic E-state index is 0.257. The van der Waals surface area contributed by atoms with Gasteiger partial charge in [-0.1, -0.05) is 0 Å². The van der Waals surface area contributed by atoms with Crippen LogP contribution >= 0.6 is 11.3 Å². The number of phenolic OH excluding ortho intramolecular Hbond substituents is 2. The highest BCUT2D eigenvalue weighted by molar-refractivity contribution is 7.16. The summed E-state index contributed by atoms with van der Waals surface area (Å²) in [7, 11) is 0. The van der Waals surface area contributed by atoms with Gasteiger partial charge in [-0.3, -0.25) is 4.79 Å². The third-order valence-corrected chi connectivity index (χ3v) is 3.62. The number of aromatic hydroxyl groups is 2. The molecule has 3 aromatic rings. The Kier molecular flexibility index (Phi) is 3.00. The maximum Gasteiger partial charge on any atom is 0.255 e. The predicted molar refractivity (Wildman–Crippen MR) is 77.3 cm³/mol. The monoisotopic (exact) mass is 286 g/mol. The van der Waals surface area contributed by atoms with Gasteiger partial charge in [-0.25, -0.2) is 4.98 Å². The molecule has 1 aromatic heterocycles. The number of nitrogens with one attached hydrogen (secondary N) is 1. The lowest BCUT2D eigenvalue weighted by Gasteiger charge is -2.06. The van der Waals surface area contributed by atoms with Gasteiger partial charge in [0.2, 0.25) is 0 Å². The van der Waals surface area contributed by atoms with Crippen molar-refractivity contribution in [3.05, 3.63) is 47.5 Å². The van der Waals surface area contributed by atoms with Crippen molar-refractivity contribution in [2.45, 2.75) is 0 Å². The molecule has 1 heterocycles. The van der Waals surface area contributed by atoms with Crippen molar-refractivity contribution in [1.82, 2.24) is 4.98 Å². The molecular formula is C14H10N2O3S. The summed E-state index contributed by atoms with van der Waals surface area (Å²) in [5, 5.41) is 21.3. The van der Waals surface area contributed by atoms with Crippen LogP contribution in [0.3, 0.4) is 0 Å². The molecule has 1 amide bonds. The van der Waals surface area contributed by atoms with Crippen LogP contribution in [0, 0.1) is 0 Å². The molecule has 0 aliphatic rings. The quantitative estimate of drug-likeness (QED) is 0.632. The van der Waals surface area contributed by atoms with Crippen LogP contribution in [-0.2, 0) is 0 Å². The molecule has 0 aliphatic heterocycles. The minimum Gasteiger partial charge on any atom is -0.504 e. The van der Waals surface area contributed by atoms with E-state index in [-0.39, 0.29) is 23.0 Å². The van der Waals surface area contributed by atoms with Crippen LogP contribution in [-0.4, -0.2) is 21.1 Å². The van der Waals surface area contributed by atoms with Crippen molar-refractivity contribution in [3.63, 3.8) is 0 Å². The lowest BCUT2D eigenvalue weighted by molar-refractivity contribution is 0.102. The van der Waals surface area contributed by atoms with E-state index in [0.29, 0.717) is 5.69 Å². The molecule has 3 rings (SSSR count). The van der Waals surface area contributed by atoms with Gasteiger partial charge in [0.15, 0.2) is 11.5 Å². The summed E-state index contributed by atoms with van der Waals surface area (Å²) in [6.07, 6.45) is 0. The standard InChI is InChI=1S/C14H10N2O3S/c17-11-4-1-8(5-12(11)18)14(19)16-9-2-3-10-13(6-9)20-7-15-10/h1-7,17-18H,(H,16,19). The second-order valence-corrected chi connectivity index (χ2v) is 5.08. The average molecular weight is 286 g/mol. The van der Waals surface area contributed by atoms with Crippen LogP contribution in [0.15, 0.2) is 41.9 Å². The first-order valence-electron chi connectivity index (χ1n) is 5.80. The third-order valence-electron chi connectivity index (χ3n) is 2.83. The Morgan fingerprint density at radius 3 is 2.75 bits per heavy atom. The van der Waals surface area contributed by atoms with Gasteiger partial charge in [-0.05, 0) is 36.4 Å². The molecule has 0 atom stereocenters. The van der Waals surface area contributed by atoms with Crippen LogP contribution in [0.5, 0.6) is 11.5 Å². The van der Waals surface area contributed by atoms with E-state index in [4.69, 9.17) is 0 Å². The number of amides is 1. The maximum absolute atomic E-state index is 12.0. The molecule has 100 valence electrons. The first kappa shape index (κ1) is 12.4. The summed E-state index contributed by atoms with van der Waals surface area (Å²) in [5.74, 6) is -0.938. The molecule has 6 heteroatoms. The number of rotatable bonds is 2. The van der Waals surface area contributed by atoms with E-state index in [1.165, 1.54) is 29.5 Å².